The maximum absolute atomic E-state index is 13.2. The molecule has 0 bridgehead atoms. The second kappa shape index (κ2) is 11.0. The predicted molar refractivity (Wildman–Crippen MR) is 134 cm³/mol. The van der Waals surface area contributed by atoms with Crippen molar-refractivity contribution in [2.45, 2.75) is 25.8 Å². The Morgan fingerprint density at radius 3 is 2.28 bits per heavy atom. The number of ether oxygens (including phenoxy) is 2. The summed E-state index contributed by atoms with van der Waals surface area (Å²) >= 11 is 6.50. The molecule has 10 heteroatoms. The van der Waals surface area contributed by atoms with Crippen molar-refractivity contribution in [1.82, 2.24) is 5.32 Å². The summed E-state index contributed by atoms with van der Waals surface area (Å²) in [6, 6.07) is 15.0. The zero-order valence-corrected chi connectivity index (χ0v) is 20.9. The number of nitrogens with one attached hydrogen (secondary N) is 1. The van der Waals surface area contributed by atoms with Crippen LogP contribution in [-0.2, 0) is 19.1 Å². The van der Waals surface area contributed by atoms with Crippen molar-refractivity contribution in [3.63, 3.8) is 0 Å². The number of nitriles is 1. The molecule has 0 aliphatic carbocycles. The molecule has 186 valence electrons. The Morgan fingerprint density at radius 2 is 1.72 bits per heavy atom. The second-order valence-corrected chi connectivity index (χ2v) is 8.54. The van der Waals surface area contributed by atoms with Gasteiger partial charge in [-0.15, -0.1) is 0 Å². The van der Waals surface area contributed by atoms with Gasteiger partial charge in [0, 0.05) is 11.6 Å². The fraction of sp³-hybridized carbons (Fsp3) is 0.231. The van der Waals surface area contributed by atoms with Crippen LogP contribution in [0.1, 0.15) is 35.7 Å². The first-order valence-corrected chi connectivity index (χ1v) is 11.3. The summed E-state index contributed by atoms with van der Waals surface area (Å²) in [5.74, 6) is -3.33. The van der Waals surface area contributed by atoms with E-state index in [1.807, 2.05) is 13.8 Å². The number of methoxy groups -OCH3 is 2. The van der Waals surface area contributed by atoms with Gasteiger partial charge in [-0.25, -0.2) is 9.59 Å². The number of hydrogen-bond donors (Lipinski definition) is 2. The van der Waals surface area contributed by atoms with E-state index >= 15 is 0 Å². The number of carbonyl (C=O) groups excluding carboxylic acids is 3. The van der Waals surface area contributed by atoms with Gasteiger partial charge in [-0.1, -0.05) is 41.9 Å². The monoisotopic (exact) mass is 508 g/mol. The van der Waals surface area contributed by atoms with Crippen molar-refractivity contribution in [3.8, 4) is 6.07 Å². The minimum atomic E-state index is -1.01. The van der Waals surface area contributed by atoms with Crippen LogP contribution in [0.4, 0.5) is 5.69 Å². The van der Waals surface area contributed by atoms with Gasteiger partial charge in [-0.3, -0.25) is 9.69 Å². The number of anilines is 1. The zero-order valence-electron chi connectivity index (χ0n) is 20.2. The molecule has 1 amide bonds. The molecule has 2 aromatic carbocycles. The zero-order chi connectivity index (χ0) is 26.6. The number of carbonyl (C=O) groups is 3. The first-order valence-electron chi connectivity index (χ1n) is 10.9. The third-order valence-electron chi connectivity index (χ3n) is 5.48. The van der Waals surface area contributed by atoms with Gasteiger partial charge in [0.15, 0.2) is 0 Å². The van der Waals surface area contributed by atoms with E-state index in [0.29, 0.717) is 5.56 Å². The van der Waals surface area contributed by atoms with Crippen molar-refractivity contribution in [2.24, 2.45) is 5.73 Å². The van der Waals surface area contributed by atoms with Gasteiger partial charge < -0.3 is 20.5 Å². The molecule has 1 heterocycles. The average molecular weight is 509 g/mol. The number of benzene rings is 2. The van der Waals surface area contributed by atoms with E-state index in [1.165, 1.54) is 18.2 Å². The molecule has 0 aromatic heterocycles. The lowest BCUT2D eigenvalue weighted by molar-refractivity contribution is -0.139. The molecule has 1 atom stereocenters. The highest BCUT2D eigenvalue weighted by Crippen LogP contribution is 2.44. The molecule has 0 saturated carbocycles. The van der Waals surface area contributed by atoms with E-state index in [1.54, 1.807) is 30.3 Å². The molecular weight excluding hydrogens is 484 g/mol. The summed E-state index contributed by atoms with van der Waals surface area (Å²) in [6.45, 7) is 3.62. The maximum Gasteiger partial charge on any atom is 0.355 e. The van der Waals surface area contributed by atoms with Crippen molar-refractivity contribution in [2.75, 3.05) is 19.1 Å². The highest BCUT2D eigenvalue weighted by atomic mass is 35.5. The normalized spacial score (nSPS) is 15.5. The number of nitrogens with two attached hydrogens (primary N) is 1. The highest BCUT2D eigenvalue weighted by Gasteiger charge is 2.43. The van der Waals surface area contributed by atoms with Crippen molar-refractivity contribution < 1.29 is 23.9 Å². The van der Waals surface area contributed by atoms with Gasteiger partial charge in [0.05, 0.1) is 48.1 Å². The van der Waals surface area contributed by atoms with Crippen LogP contribution in [0, 0.1) is 11.3 Å². The van der Waals surface area contributed by atoms with E-state index < -0.39 is 17.9 Å². The number of halogens is 1. The minimum Gasteiger partial charge on any atom is -0.466 e. The fourth-order valence-corrected chi connectivity index (χ4v) is 4.14. The van der Waals surface area contributed by atoms with Crippen LogP contribution >= 0.6 is 11.6 Å². The van der Waals surface area contributed by atoms with E-state index in [0.717, 1.165) is 19.1 Å². The summed E-state index contributed by atoms with van der Waals surface area (Å²) in [5.41, 5.74) is 6.90. The molecule has 1 unspecified atom stereocenters. The number of nitrogens with zero attached hydrogens (tertiary/aromatic N) is 2. The highest BCUT2D eigenvalue weighted by molar-refractivity contribution is 6.33. The Labute approximate surface area is 213 Å². The molecule has 36 heavy (non-hydrogen) atoms. The third kappa shape index (κ3) is 4.90. The van der Waals surface area contributed by atoms with E-state index in [2.05, 4.69) is 11.4 Å². The fourth-order valence-electron chi connectivity index (χ4n) is 3.93. The molecule has 3 rings (SSSR count). The summed E-state index contributed by atoms with van der Waals surface area (Å²) in [6.07, 6.45) is 0. The summed E-state index contributed by atoms with van der Waals surface area (Å²) < 4.78 is 10.0. The Hall–Kier alpha value is -4.29. The first-order chi connectivity index (χ1) is 17.2. The quantitative estimate of drug-likeness (QED) is 0.567. The summed E-state index contributed by atoms with van der Waals surface area (Å²) in [4.78, 5) is 40.1. The van der Waals surface area contributed by atoms with Gasteiger partial charge in [0.2, 0.25) is 0 Å². The molecular formula is C26H25ClN4O5. The van der Waals surface area contributed by atoms with Crippen LogP contribution in [0.25, 0.3) is 0 Å². The molecule has 0 saturated heterocycles. The van der Waals surface area contributed by atoms with Gasteiger partial charge in [-0.05, 0) is 37.6 Å². The predicted octanol–water partition coefficient (Wildman–Crippen LogP) is 3.38. The number of amides is 1. The molecule has 0 spiro atoms. The maximum atomic E-state index is 13.2. The lowest BCUT2D eigenvalue weighted by Crippen LogP contribution is -2.41. The largest absolute Gasteiger partial charge is 0.466 e. The first kappa shape index (κ1) is 26.3. The lowest BCUT2D eigenvalue weighted by atomic mass is 9.81. The lowest BCUT2D eigenvalue weighted by Gasteiger charge is -2.36. The molecule has 2 aromatic rings. The molecule has 3 N–H and O–H groups in total. The molecule has 9 nitrogen and oxygen atoms in total. The van der Waals surface area contributed by atoms with Crippen LogP contribution < -0.4 is 16.0 Å². The SMILES string of the molecule is COC(=O)C1=C(C(=O)OC)N(c2cc(C(=O)NC(C)C)ccc2Cl)C(N)=C(C#N)C1c1ccccc1. The minimum absolute atomic E-state index is 0.0117. The van der Waals surface area contributed by atoms with Crippen molar-refractivity contribution in [1.29, 1.82) is 5.26 Å². The smallest absolute Gasteiger partial charge is 0.355 e. The Morgan fingerprint density at radius 1 is 1.08 bits per heavy atom. The molecule has 0 fully saturated rings. The summed E-state index contributed by atoms with van der Waals surface area (Å²) in [7, 11) is 2.31. The Balaban J connectivity index is 2.39. The number of hydrogen-bond acceptors (Lipinski definition) is 8. The van der Waals surface area contributed by atoms with Gasteiger partial charge >= 0.3 is 11.9 Å². The number of esters is 2. The topological polar surface area (TPSA) is 135 Å². The van der Waals surface area contributed by atoms with E-state index in [9.17, 15) is 19.6 Å². The third-order valence-corrected chi connectivity index (χ3v) is 5.80. The van der Waals surface area contributed by atoms with Crippen LogP contribution in [0.15, 0.2) is 71.2 Å². The van der Waals surface area contributed by atoms with Crippen LogP contribution in [0.3, 0.4) is 0 Å². The molecule has 0 radical (unpaired) electrons. The average Bonchev–Trinajstić information content (AvgIpc) is 2.87. The van der Waals surface area contributed by atoms with Gasteiger partial charge in [0.1, 0.15) is 11.5 Å². The molecule has 1 aliphatic rings. The summed E-state index contributed by atoms with van der Waals surface area (Å²) in [5, 5.41) is 13.0. The molecule has 1 aliphatic heterocycles. The van der Waals surface area contributed by atoms with Crippen molar-refractivity contribution in [3.05, 3.63) is 87.3 Å². The Kier molecular flexibility index (Phi) is 8.02. The van der Waals surface area contributed by atoms with E-state index in [4.69, 9.17) is 26.8 Å². The number of rotatable bonds is 6. The van der Waals surface area contributed by atoms with Gasteiger partial charge in [0.25, 0.3) is 5.91 Å². The van der Waals surface area contributed by atoms with E-state index in [-0.39, 0.29) is 50.9 Å². The standard InChI is InChI=1S/C26H25ClN4O5/c1-14(2)30-24(32)16-10-11-18(27)19(12-16)31-22(26(34)36-4)21(25(33)35-3)20(17(13-28)23(31)29)15-8-6-5-7-9-15/h5-12,14,20H,29H2,1-4H3,(H,30,32). The number of allylic oxidation sites excluding steroid dienone is 1. The van der Waals surface area contributed by atoms with Crippen LogP contribution in [0.2, 0.25) is 5.02 Å². The van der Waals surface area contributed by atoms with Crippen LogP contribution in [-0.4, -0.2) is 38.1 Å². The van der Waals surface area contributed by atoms with Crippen LogP contribution in [0.5, 0.6) is 0 Å². The second-order valence-electron chi connectivity index (χ2n) is 8.13. The Bertz CT molecular complexity index is 1310. The van der Waals surface area contributed by atoms with Gasteiger partial charge in [-0.2, -0.15) is 5.26 Å². The van der Waals surface area contributed by atoms with Crippen molar-refractivity contribution >= 4 is 35.1 Å².